The van der Waals surface area contributed by atoms with E-state index < -0.39 is 23.8 Å². The van der Waals surface area contributed by atoms with Gasteiger partial charge in [-0.15, -0.1) is 0 Å². The summed E-state index contributed by atoms with van der Waals surface area (Å²) in [5, 5.41) is 19.2. The summed E-state index contributed by atoms with van der Waals surface area (Å²) >= 11 is 0. The maximum atomic E-state index is 11.8. The molecule has 2 N–H and O–H groups in total. The Bertz CT molecular complexity index is 642. The maximum absolute atomic E-state index is 11.8. The molecule has 126 valence electrons. The van der Waals surface area contributed by atoms with E-state index in [-0.39, 0.29) is 0 Å². The van der Waals surface area contributed by atoms with Crippen LogP contribution in [0.5, 0.6) is 11.5 Å². The van der Waals surface area contributed by atoms with Crippen molar-refractivity contribution in [1.82, 2.24) is 0 Å². The largest absolute Gasteiger partial charge is 0.497 e. The maximum Gasteiger partial charge on any atom is 0.312 e. The lowest BCUT2D eigenvalue weighted by molar-refractivity contribution is -0.147. The van der Waals surface area contributed by atoms with E-state index in [0.717, 1.165) is 0 Å². The van der Waals surface area contributed by atoms with Crippen molar-refractivity contribution in [3.8, 4) is 11.5 Å². The lowest BCUT2D eigenvalue weighted by Gasteiger charge is -2.21. The van der Waals surface area contributed by atoms with Gasteiger partial charge in [-0.1, -0.05) is 24.3 Å². The van der Waals surface area contributed by atoms with Gasteiger partial charge in [-0.05, 0) is 35.4 Å². The molecule has 0 aliphatic heterocycles. The Balaban J connectivity index is 2.46. The zero-order valence-corrected chi connectivity index (χ0v) is 13.3. The number of carbonyl (C=O) groups is 2. The Morgan fingerprint density at radius 1 is 0.708 bits per heavy atom. The van der Waals surface area contributed by atoms with E-state index in [0.29, 0.717) is 22.6 Å². The molecule has 6 heteroatoms. The summed E-state index contributed by atoms with van der Waals surface area (Å²) in [6, 6.07) is 12.7. The van der Waals surface area contributed by atoms with Gasteiger partial charge in [0.1, 0.15) is 11.5 Å². The van der Waals surface area contributed by atoms with E-state index >= 15 is 0 Å². The second-order valence-corrected chi connectivity index (χ2v) is 5.18. The zero-order valence-electron chi connectivity index (χ0n) is 13.3. The van der Waals surface area contributed by atoms with Gasteiger partial charge in [0.2, 0.25) is 0 Å². The van der Waals surface area contributed by atoms with Crippen molar-refractivity contribution in [2.75, 3.05) is 14.2 Å². The summed E-state index contributed by atoms with van der Waals surface area (Å²) in [7, 11) is 3.00. The molecule has 0 radical (unpaired) electrons. The van der Waals surface area contributed by atoms with Crippen LogP contribution < -0.4 is 9.47 Å². The number of ether oxygens (including phenoxy) is 2. The molecule has 2 atom stereocenters. The van der Waals surface area contributed by atoms with Gasteiger partial charge in [0.15, 0.2) is 0 Å². The van der Waals surface area contributed by atoms with Crippen molar-refractivity contribution in [3.05, 3.63) is 59.7 Å². The van der Waals surface area contributed by atoms with E-state index in [2.05, 4.69) is 0 Å². The number of hydrogen-bond acceptors (Lipinski definition) is 4. The number of hydrogen-bond donors (Lipinski definition) is 2. The average Bonchev–Trinajstić information content (AvgIpc) is 2.59. The molecule has 0 heterocycles. The van der Waals surface area contributed by atoms with Crippen molar-refractivity contribution in [2.24, 2.45) is 0 Å². The molecule has 0 aliphatic rings. The molecule has 2 aromatic rings. The van der Waals surface area contributed by atoms with Gasteiger partial charge in [0.25, 0.3) is 0 Å². The van der Waals surface area contributed by atoms with E-state index in [4.69, 9.17) is 9.47 Å². The molecule has 0 saturated carbocycles. The minimum absolute atomic E-state index is 0.395. The molecule has 0 bridgehead atoms. The lowest BCUT2D eigenvalue weighted by atomic mass is 9.81. The van der Waals surface area contributed by atoms with E-state index in [9.17, 15) is 19.8 Å². The Morgan fingerprint density at radius 3 is 1.21 bits per heavy atom. The summed E-state index contributed by atoms with van der Waals surface area (Å²) < 4.78 is 10.1. The number of methoxy groups -OCH3 is 2. The summed E-state index contributed by atoms with van der Waals surface area (Å²) in [5.41, 5.74) is 0.790. The molecular formula is C18H18O6. The van der Waals surface area contributed by atoms with Crippen molar-refractivity contribution >= 4 is 11.9 Å². The SMILES string of the molecule is COc1ccc(C(C(=O)O)C(C(=O)O)c2ccc(OC)cc2)cc1. The topological polar surface area (TPSA) is 93.1 Å². The summed E-state index contributed by atoms with van der Waals surface area (Å²) in [5.74, 6) is -3.71. The quantitative estimate of drug-likeness (QED) is 0.811. The second-order valence-electron chi connectivity index (χ2n) is 5.18. The van der Waals surface area contributed by atoms with E-state index in [1.165, 1.54) is 14.2 Å². The number of carboxylic acid groups (broad SMARTS) is 2. The molecule has 0 amide bonds. The fourth-order valence-corrected chi connectivity index (χ4v) is 2.58. The van der Waals surface area contributed by atoms with Crippen molar-refractivity contribution in [2.45, 2.75) is 11.8 Å². The Morgan fingerprint density at radius 2 is 1.00 bits per heavy atom. The van der Waals surface area contributed by atoms with Crippen LogP contribution in [-0.4, -0.2) is 36.4 Å². The van der Waals surface area contributed by atoms with Crippen LogP contribution in [0.15, 0.2) is 48.5 Å². The highest BCUT2D eigenvalue weighted by atomic mass is 16.5. The summed E-state index contributed by atoms with van der Waals surface area (Å²) in [4.78, 5) is 23.6. The fourth-order valence-electron chi connectivity index (χ4n) is 2.58. The van der Waals surface area contributed by atoms with Gasteiger partial charge >= 0.3 is 11.9 Å². The highest BCUT2D eigenvalue weighted by molar-refractivity contribution is 5.88. The van der Waals surface area contributed by atoms with Crippen LogP contribution in [0.3, 0.4) is 0 Å². The molecule has 6 nitrogen and oxygen atoms in total. The van der Waals surface area contributed by atoms with Crippen LogP contribution in [0.2, 0.25) is 0 Å². The van der Waals surface area contributed by atoms with Crippen molar-refractivity contribution < 1.29 is 29.3 Å². The molecule has 2 rings (SSSR count). The van der Waals surface area contributed by atoms with Gasteiger partial charge in [-0.25, -0.2) is 0 Å². The van der Waals surface area contributed by atoms with Gasteiger partial charge in [-0.3, -0.25) is 9.59 Å². The monoisotopic (exact) mass is 330 g/mol. The Hall–Kier alpha value is -3.02. The third kappa shape index (κ3) is 3.65. The smallest absolute Gasteiger partial charge is 0.312 e. The number of benzene rings is 2. The van der Waals surface area contributed by atoms with Gasteiger partial charge in [0.05, 0.1) is 26.1 Å². The van der Waals surface area contributed by atoms with Crippen LogP contribution >= 0.6 is 0 Å². The first kappa shape index (κ1) is 17.3. The normalized spacial score (nSPS) is 12.9. The van der Waals surface area contributed by atoms with E-state index in [1.54, 1.807) is 48.5 Å². The Kier molecular flexibility index (Phi) is 5.42. The van der Waals surface area contributed by atoms with Crippen LogP contribution in [0.4, 0.5) is 0 Å². The molecule has 0 aromatic heterocycles. The van der Waals surface area contributed by atoms with Crippen LogP contribution in [0.25, 0.3) is 0 Å². The van der Waals surface area contributed by atoms with Crippen LogP contribution in [0, 0.1) is 0 Å². The molecule has 0 spiro atoms. The van der Waals surface area contributed by atoms with Gasteiger partial charge < -0.3 is 19.7 Å². The molecule has 24 heavy (non-hydrogen) atoms. The number of aliphatic carboxylic acids is 2. The van der Waals surface area contributed by atoms with Crippen molar-refractivity contribution in [3.63, 3.8) is 0 Å². The molecule has 0 fully saturated rings. The first-order valence-corrected chi connectivity index (χ1v) is 7.21. The number of rotatable bonds is 7. The third-order valence-electron chi connectivity index (χ3n) is 3.82. The molecule has 0 aliphatic carbocycles. The first-order chi connectivity index (χ1) is 11.5. The van der Waals surface area contributed by atoms with Crippen LogP contribution in [0.1, 0.15) is 23.0 Å². The minimum Gasteiger partial charge on any atom is -0.497 e. The number of carboxylic acids is 2. The van der Waals surface area contributed by atoms with Gasteiger partial charge in [-0.2, -0.15) is 0 Å². The molecular weight excluding hydrogens is 312 g/mol. The predicted octanol–water partition coefficient (Wildman–Crippen LogP) is 2.74. The standard InChI is InChI=1S/C18H18O6/c1-23-13-7-3-11(4-8-13)15(17(19)20)16(18(21)22)12-5-9-14(24-2)10-6-12/h3-10,15-16H,1-2H3,(H,19,20)(H,21,22). The lowest BCUT2D eigenvalue weighted by Crippen LogP contribution is -2.26. The van der Waals surface area contributed by atoms with E-state index in [1.807, 2.05) is 0 Å². The first-order valence-electron chi connectivity index (χ1n) is 7.21. The predicted molar refractivity (Wildman–Crippen MR) is 86.7 cm³/mol. The highest BCUT2D eigenvalue weighted by Gasteiger charge is 2.36. The minimum atomic E-state index is -1.22. The summed E-state index contributed by atoms with van der Waals surface area (Å²) in [6.07, 6.45) is 0. The van der Waals surface area contributed by atoms with Gasteiger partial charge in [0, 0.05) is 0 Å². The van der Waals surface area contributed by atoms with Crippen LogP contribution in [-0.2, 0) is 9.59 Å². The molecule has 2 unspecified atom stereocenters. The molecule has 0 saturated heterocycles. The second kappa shape index (κ2) is 7.50. The van der Waals surface area contributed by atoms with Crippen molar-refractivity contribution in [1.29, 1.82) is 0 Å². The Labute approximate surface area is 139 Å². The average molecular weight is 330 g/mol. The summed E-state index contributed by atoms with van der Waals surface area (Å²) in [6.45, 7) is 0. The molecule has 2 aromatic carbocycles. The third-order valence-corrected chi connectivity index (χ3v) is 3.82. The highest BCUT2D eigenvalue weighted by Crippen LogP contribution is 2.35. The zero-order chi connectivity index (χ0) is 17.7. The fraction of sp³-hybridized carbons (Fsp3) is 0.222.